The SMILES string of the molecule is C[N+](C)(CC[N+](C)(C)Cc1ccc(Cl)cc1)Cc1ccc(Cl)cc1. The van der Waals surface area contributed by atoms with Crippen molar-refractivity contribution in [3.63, 3.8) is 0 Å². The van der Waals surface area contributed by atoms with E-state index in [4.69, 9.17) is 23.2 Å². The summed E-state index contributed by atoms with van der Waals surface area (Å²) in [7, 11) is 9.15. The monoisotopic (exact) mass is 366 g/mol. The van der Waals surface area contributed by atoms with Crippen LogP contribution < -0.4 is 0 Å². The zero-order valence-electron chi connectivity index (χ0n) is 15.1. The average molecular weight is 367 g/mol. The molecule has 0 N–H and O–H groups in total. The van der Waals surface area contributed by atoms with Gasteiger partial charge >= 0.3 is 0 Å². The highest BCUT2D eigenvalue weighted by molar-refractivity contribution is 6.30. The molecule has 0 amide bonds. The van der Waals surface area contributed by atoms with Crippen molar-refractivity contribution in [2.45, 2.75) is 13.1 Å². The highest BCUT2D eigenvalue weighted by Crippen LogP contribution is 2.16. The lowest BCUT2D eigenvalue weighted by atomic mass is 10.2. The Kier molecular flexibility index (Phi) is 6.33. The summed E-state index contributed by atoms with van der Waals surface area (Å²) >= 11 is 11.9. The number of halogens is 2. The van der Waals surface area contributed by atoms with Gasteiger partial charge in [-0.2, -0.15) is 0 Å². The van der Waals surface area contributed by atoms with E-state index in [2.05, 4.69) is 52.5 Å². The molecule has 0 spiro atoms. The highest BCUT2D eigenvalue weighted by Gasteiger charge is 2.23. The van der Waals surface area contributed by atoms with Gasteiger partial charge in [0, 0.05) is 21.2 Å². The zero-order valence-corrected chi connectivity index (χ0v) is 16.6. The second kappa shape index (κ2) is 7.88. The average Bonchev–Trinajstić information content (AvgIpc) is 2.50. The number of hydrogen-bond donors (Lipinski definition) is 0. The van der Waals surface area contributed by atoms with E-state index >= 15 is 0 Å². The van der Waals surface area contributed by atoms with E-state index < -0.39 is 0 Å². The molecule has 0 bridgehead atoms. The van der Waals surface area contributed by atoms with Crippen molar-refractivity contribution in [2.24, 2.45) is 0 Å². The van der Waals surface area contributed by atoms with Crippen LogP contribution >= 0.6 is 23.2 Å². The third kappa shape index (κ3) is 6.45. The van der Waals surface area contributed by atoms with Crippen LogP contribution in [0.25, 0.3) is 0 Å². The van der Waals surface area contributed by atoms with Crippen molar-refractivity contribution < 1.29 is 8.97 Å². The molecule has 0 aliphatic rings. The highest BCUT2D eigenvalue weighted by atomic mass is 35.5. The topological polar surface area (TPSA) is 0 Å². The van der Waals surface area contributed by atoms with Gasteiger partial charge < -0.3 is 8.97 Å². The first-order chi connectivity index (χ1) is 11.2. The van der Waals surface area contributed by atoms with Crippen LogP contribution in [0.2, 0.25) is 10.0 Å². The van der Waals surface area contributed by atoms with Gasteiger partial charge in [-0.3, -0.25) is 0 Å². The van der Waals surface area contributed by atoms with Crippen molar-refractivity contribution in [3.8, 4) is 0 Å². The fraction of sp³-hybridized carbons (Fsp3) is 0.400. The predicted molar refractivity (Wildman–Crippen MR) is 104 cm³/mol. The number of hydrogen-bond acceptors (Lipinski definition) is 0. The van der Waals surface area contributed by atoms with Gasteiger partial charge in [0.05, 0.1) is 28.2 Å². The summed E-state index contributed by atoms with van der Waals surface area (Å²) in [5, 5.41) is 1.59. The van der Waals surface area contributed by atoms with Gasteiger partial charge in [-0.1, -0.05) is 47.5 Å². The van der Waals surface area contributed by atoms with Crippen LogP contribution in [-0.4, -0.2) is 50.2 Å². The Bertz CT molecular complexity index is 587. The molecule has 0 radical (unpaired) electrons. The summed E-state index contributed by atoms with van der Waals surface area (Å²) < 4.78 is 1.92. The maximum absolute atomic E-state index is 5.97. The molecule has 0 aliphatic carbocycles. The number of benzene rings is 2. The molecule has 0 heterocycles. The Hall–Kier alpha value is -1.06. The number of nitrogens with zero attached hydrogens (tertiary/aromatic N) is 2. The Morgan fingerprint density at radius 2 is 0.875 bits per heavy atom. The number of quaternary nitrogens is 2. The third-order valence-corrected chi connectivity index (χ3v) is 4.86. The first-order valence-corrected chi connectivity index (χ1v) is 9.04. The van der Waals surface area contributed by atoms with Gasteiger partial charge in [-0.05, 0) is 24.3 Å². The van der Waals surface area contributed by atoms with Crippen LogP contribution in [0, 0.1) is 0 Å². The summed E-state index contributed by atoms with van der Waals surface area (Å²) in [4.78, 5) is 0. The van der Waals surface area contributed by atoms with E-state index in [9.17, 15) is 0 Å². The van der Waals surface area contributed by atoms with Gasteiger partial charge in [0.2, 0.25) is 0 Å². The Morgan fingerprint density at radius 3 is 1.17 bits per heavy atom. The van der Waals surface area contributed by atoms with Crippen LogP contribution in [0.3, 0.4) is 0 Å². The summed E-state index contributed by atoms with van der Waals surface area (Å²) in [6.07, 6.45) is 0. The van der Waals surface area contributed by atoms with Gasteiger partial charge in [0.15, 0.2) is 0 Å². The van der Waals surface area contributed by atoms with E-state index in [0.717, 1.165) is 45.2 Å². The smallest absolute Gasteiger partial charge is 0.128 e. The fourth-order valence-corrected chi connectivity index (χ4v) is 3.12. The maximum atomic E-state index is 5.97. The molecule has 130 valence electrons. The summed E-state index contributed by atoms with van der Waals surface area (Å²) in [5.74, 6) is 0. The van der Waals surface area contributed by atoms with Crippen molar-refractivity contribution in [1.82, 2.24) is 0 Å². The van der Waals surface area contributed by atoms with Crippen molar-refractivity contribution in [3.05, 3.63) is 69.7 Å². The first-order valence-electron chi connectivity index (χ1n) is 8.28. The number of rotatable bonds is 7. The van der Waals surface area contributed by atoms with Crippen LogP contribution in [0.5, 0.6) is 0 Å². The predicted octanol–water partition coefficient (Wildman–Crippen LogP) is 4.85. The maximum Gasteiger partial charge on any atom is 0.128 e. The minimum atomic E-state index is 0.796. The van der Waals surface area contributed by atoms with Gasteiger partial charge in [0.1, 0.15) is 26.2 Å². The molecule has 4 heteroatoms. The molecule has 0 saturated heterocycles. The number of likely N-dealkylation sites (N-methyl/N-ethyl adjacent to an activating group) is 2. The molecule has 2 rings (SSSR count). The molecule has 0 aliphatic heterocycles. The first kappa shape index (κ1) is 19.3. The molecule has 2 aromatic carbocycles. The van der Waals surface area contributed by atoms with Crippen LogP contribution in [0.4, 0.5) is 0 Å². The molecule has 0 fully saturated rings. The van der Waals surface area contributed by atoms with E-state index in [0.29, 0.717) is 0 Å². The van der Waals surface area contributed by atoms with Crippen LogP contribution in [0.1, 0.15) is 11.1 Å². The summed E-state index contributed by atoms with van der Waals surface area (Å²) in [5.41, 5.74) is 2.65. The second-order valence-electron chi connectivity index (χ2n) is 7.89. The molecule has 24 heavy (non-hydrogen) atoms. The molecule has 0 atom stereocenters. The van der Waals surface area contributed by atoms with Crippen molar-refractivity contribution >= 4 is 23.2 Å². The molecule has 0 unspecified atom stereocenters. The molecule has 0 saturated carbocycles. The lowest BCUT2D eigenvalue weighted by Crippen LogP contribution is -2.49. The Balaban J connectivity index is 1.91. The van der Waals surface area contributed by atoms with Crippen LogP contribution in [-0.2, 0) is 13.1 Å². The van der Waals surface area contributed by atoms with E-state index in [1.807, 2.05) is 24.3 Å². The molecular formula is C20H28Cl2N2+2. The standard InChI is InChI=1S/C20H28Cl2N2/c1-23(2,15-17-5-9-19(21)10-6-17)13-14-24(3,4)16-18-7-11-20(22)12-8-18/h5-12H,13-16H2,1-4H3/q+2. The van der Waals surface area contributed by atoms with Crippen LogP contribution in [0.15, 0.2) is 48.5 Å². The quantitative estimate of drug-likeness (QED) is 0.614. The lowest BCUT2D eigenvalue weighted by molar-refractivity contribution is -0.958. The Labute approximate surface area is 156 Å². The molecule has 2 nitrogen and oxygen atoms in total. The molecule has 0 aromatic heterocycles. The lowest BCUT2D eigenvalue weighted by Gasteiger charge is -2.36. The van der Waals surface area contributed by atoms with Crippen molar-refractivity contribution in [2.75, 3.05) is 41.3 Å². The zero-order chi connectivity index (χ0) is 17.8. The van der Waals surface area contributed by atoms with Gasteiger partial charge in [-0.25, -0.2) is 0 Å². The Morgan fingerprint density at radius 1 is 0.583 bits per heavy atom. The minimum Gasteiger partial charge on any atom is -0.320 e. The molecular weight excluding hydrogens is 339 g/mol. The normalized spacial score (nSPS) is 12.4. The largest absolute Gasteiger partial charge is 0.320 e. The van der Waals surface area contributed by atoms with E-state index in [1.54, 1.807) is 0 Å². The summed E-state index contributed by atoms with van der Waals surface area (Å²) in [6, 6.07) is 16.4. The van der Waals surface area contributed by atoms with Gasteiger partial charge in [0.25, 0.3) is 0 Å². The van der Waals surface area contributed by atoms with E-state index in [1.165, 1.54) is 11.1 Å². The molecule has 2 aromatic rings. The summed E-state index contributed by atoms with van der Waals surface area (Å²) in [6.45, 7) is 4.25. The van der Waals surface area contributed by atoms with Gasteiger partial charge in [-0.15, -0.1) is 0 Å². The fourth-order valence-electron chi connectivity index (χ4n) is 2.87. The second-order valence-corrected chi connectivity index (χ2v) is 8.76. The van der Waals surface area contributed by atoms with Crippen molar-refractivity contribution in [1.29, 1.82) is 0 Å². The third-order valence-electron chi connectivity index (χ3n) is 4.36. The minimum absolute atomic E-state index is 0.796. The van der Waals surface area contributed by atoms with E-state index in [-0.39, 0.29) is 0 Å².